The summed E-state index contributed by atoms with van der Waals surface area (Å²) in [7, 11) is 0. The van der Waals surface area contributed by atoms with Crippen molar-refractivity contribution < 1.29 is 14.4 Å². The minimum absolute atomic E-state index is 0.0397. The molecule has 146 valence electrons. The van der Waals surface area contributed by atoms with Crippen molar-refractivity contribution in [1.29, 1.82) is 0 Å². The van der Waals surface area contributed by atoms with E-state index in [1.54, 1.807) is 12.1 Å². The first-order valence-corrected chi connectivity index (χ1v) is 9.74. The van der Waals surface area contributed by atoms with Crippen molar-refractivity contribution in [3.05, 3.63) is 77.4 Å². The van der Waals surface area contributed by atoms with Crippen molar-refractivity contribution >= 4 is 34.2 Å². The SMILES string of the molecule is CC(C)c1ccccc1NC(=O)CCN1C(=O)c2cccc3cccc(c23)C1=O. The first-order chi connectivity index (χ1) is 14.0. The molecule has 1 aliphatic heterocycles. The molecule has 0 unspecified atom stereocenters. The zero-order valence-corrected chi connectivity index (χ0v) is 16.4. The number of imide groups is 1. The summed E-state index contributed by atoms with van der Waals surface area (Å²) in [6.45, 7) is 4.17. The largest absolute Gasteiger partial charge is 0.326 e. The molecule has 3 aromatic rings. The standard InChI is InChI=1S/C24H22N2O3/c1-15(2)17-9-3-4-12-20(17)25-21(27)13-14-26-23(28)18-10-5-7-16-8-6-11-19(22(16)18)24(26)29/h3-12,15H,13-14H2,1-2H3,(H,25,27). The highest BCUT2D eigenvalue weighted by atomic mass is 16.2. The topological polar surface area (TPSA) is 66.5 Å². The van der Waals surface area contributed by atoms with Crippen LogP contribution in [-0.4, -0.2) is 29.2 Å². The fourth-order valence-corrected chi connectivity index (χ4v) is 3.82. The molecule has 0 bridgehead atoms. The van der Waals surface area contributed by atoms with E-state index in [0.717, 1.165) is 16.6 Å². The van der Waals surface area contributed by atoms with Gasteiger partial charge in [0.25, 0.3) is 11.8 Å². The van der Waals surface area contributed by atoms with Gasteiger partial charge in [-0.2, -0.15) is 0 Å². The molecule has 0 aliphatic carbocycles. The molecule has 1 N–H and O–H groups in total. The minimum atomic E-state index is -0.352. The Morgan fingerprint density at radius 1 is 0.897 bits per heavy atom. The van der Waals surface area contributed by atoms with Crippen LogP contribution in [0.2, 0.25) is 0 Å². The van der Waals surface area contributed by atoms with Gasteiger partial charge in [0.1, 0.15) is 0 Å². The van der Waals surface area contributed by atoms with Crippen molar-refractivity contribution in [3.63, 3.8) is 0 Å². The van der Waals surface area contributed by atoms with Gasteiger partial charge in [0.05, 0.1) is 0 Å². The van der Waals surface area contributed by atoms with E-state index in [4.69, 9.17) is 0 Å². The maximum atomic E-state index is 12.9. The third kappa shape index (κ3) is 3.40. The van der Waals surface area contributed by atoms with Crippen LogP contribution in [0.5, 0.6) is 0 Å². The van der Waals surface area contributed by atoms with Gasteiger partial charge in [0, 0.05) is 35.2 Å². The fraction of sp³-hybridized carbons (Fsp3) is 0.208. The smallest absolute Gasteiger partial charge is 0.261 e. The van der Waals surface area contributed by atoms with Gasteiger partial charge in [0.15, 0.2) is 0 Å². The third-order valence-corrected chi connectivity index (χ3v) is 5.28. The molecule has 4 rings (SSSR count). The summed E-state index contributed by atoms with van der Waals surface area (Å²) < 4.78 is 0. The molecule has 3 aromatic carbocycles. The van der Waals surface area contributed by atoms with Gasteiger partial charge in [-0.15, -0.1) is 0 Å². The monoisotopic (exact) mass is 386 g/mol. The summed E-state index contributed by atoms with van der Waals surface area (Å²) in [6, 6.07) is 18.5. The Kier molecular flexibility index (Phi) is 4.89. The van der Waals surface area contributed by atoms with Crippen LogP contribution in [0.25, 0.3) is 10.8 Å². The fourth-order valence-electron chi connectivity index (χ4n) is 3.82. The molecule has 0 saturated carbocycles. The van der Waals surface area contributed by atoms with Gasteiger partial charge in [-0.1, -0.05) is 56.3 Å². The van der Waals surface area contributed by atoms with E-state index in [9.17, 15) is 14.4 Å². The summed E-state index contributed by atoms with van der Waals surface area (Å²) >= 11 is 0. The first kappa shape index (κ1) is 18.9. The number of hydrogen-bond acceptors (Lipinski definition) is 3. The Hall–Kier alpha value is -3.47. The van der Waals surface area contributed by atoms with Crippen LogP contribution in [0.4, 0.5) is 5.69 Å². The van der Waals surface area contributed by atoms with E-state index in [1.165, 1.54) is 4.90 Å². The van der Waals surface area contributed by atoms with Crippen LogP contribution >= 0.6 is 0 Å². The van der Waals surface area contributed by atoms with Crippen molar-refractivity contribution in [2.45, 2.75) is 26.2 Å². The lowest BCUT2D eigenvalue weighted by atomic mass is 9.94. The van der Waals surface area contributed by atoms with Crippen LogP contribution in [-0.2, 0) is 4.79 Å². The average Bonchev–Trinajstić information content (AvgIpc) is 2.72. The first-order valence-electron chi connectivity index (χ1n) is 9.74. The van der Waals surface area contributed by atoms with E-state index in [0.29, 0.717) is 16.5 Å². The third-order valence-electron chi connectivity index (χ3n) is 5.28. The molecule has 1 aliphatic rings. The molecule has 3 amide bonds. The molecule has 0 saturated heterocycles. The summed E-state index contributed by atoms with van der Waals surface area (Å²) in [4.78, 5) is 39.5. The van der Waals surface area contributed by atoms with Crippen molar-refractivity contribution in [1.82, 2.24) is 4.90 Å². The zero-order valence-electron chi connectivity index (χ0n) is 16.4. The maximum Gasteiger partial charge on any atom is 0.261 e. The minimum Gasteiger partial charge on any atom is -0.326 e. The second kappa shape index (κ2) is 7.51. The lowest BCUT2D eigenvalue weighted by molar-refractivity contribution is -0.116. The highest BCUT2D eigenvalue weighted by molar-refractivity contribution is 6.25. The summed E-state index contributed by atoms with van der Waals surface area (Å²) in [6.07, 6.45) is 0.0437. The summed E-state index contributed by atoms with van der Waals surface area (Å²) in [5.74, 6) is -0.658. The number of nitrogens with one attached hydrogen (secondary N) is 1. The van der Waals surface area contributed by atoms with Crippen molar-refractivity contribution in [2.75, 3.05) is 11.9 Å². The number of nitrogens with zero attached hydrogens (tertiary/aromatic N) is 1. The number of amides is 3. The van der Waals surface area contributed by atoms with E-state index < -0.39 is 0 Å². The Bertz CT molecular complexity index is 1080. The number of hydrogen-bond donors (Lipinski definition) is 1. The molecule has 0 aromatic heterocycles. The number of benzene rings is 3. The molecule has 29 heavy (non-hydrogen) atoms. The zero-order chi connectivity index (χ0) is 20.5. The predicted octanol–water partition coefficient (Wildman–Crippen LogP) is 4.59. The van der Waals surface area contributed by atoms with Crippen LogP contribution in [0.3, 0.4) is 0 Å². The predicted molar refractivity (Wildman–Crippen MR) is 113 cm³/mol. The lowest BCUT2D eigenvalue weighted by Crippen LogP contribution is -2.41. The van der Waals surface area contributed by atoms with E-state index in [1.807, 2.05) is 48.5 Å². The second-order valence-electron chi connectivity index (χ2n) is 7.51. The lowest BCUT2D eigenvalue weighted by Gasteiger charge is -2.27. The Morgan fingerprint density at radius 2 is 1.52 bits per heavy atom. The number of para-hydroxylation sites is 1. The number of rotatable bonds is 5. The van der Waals surface area contributed by atoms with E-state index in [-0.39, 0.29) is 36.6 Å². The normalized spacial score (nSPS) is 13.3. The average molecular weight is 386 g/mol. The molecule has 0 spiro atoms. The van der Waals surface area contributed by atoms with Crippen molar-refractivity contribution in [2.24, 2.45) is 0 Å². The molecule has 0 atom stereocenters. The molecule has 1 heterocycles. The van der Waals surface area contributed by atoms with Gasteiger partial charge in [-0.3, -0.25) is 19.3 Å². The number of anilines is 1. The quantitative estimate of drug-likeness (QED) is 0.652. The number of carbonyl (C=O) groups is 3. The molecule has 5 heteroatoms. The molecule has 0 radical (unpaired) electrons. The van der Waals surface area contributed by atoms with Crippen LogP contribution in [0, 0.1) is 0 Å². The van der Waals surface area contributed by atoms with Gasteiger partial charge >= 0.3 is 0 Å². The van der Waals surface area contributed by atoms with Crippen LogP contribution < -0.4 is 5.32 Å². The Morgan fingerprint density at radius 3 is 2.14 bits per heavy atom. The van der Waals surface area contributed by atoms with E-state index in [2.05, 4.69) is 19.2 Å². The van der Waals surface area contributed by atoms with Gasteiger partial charge < -0.3 is 5.32 Å². The summed E-state index contributed by atoms with van der Waals surface area (Å²) in [5.41, 5.74) is 2.82. The van der Waals surface area contributed by atoms with Crippen LogP contribution in [0.15, 0.2) is 60.7 Å². The van der Waals surface area contributed by atoms with Gasteiger partial charge in [-0.05, 0) is 35.1 Å². The number of carbonyl (C=O) groups excluding carboxylic acids is 3. The Labute approximate surface area is 169 Å². The summed E-state index contributed by atoms with van der Waals surface area (Å²) in [5, 5.41) is 4.47. The highest BCUT2D eigenvalue weighted by Gasteiger charge is 2.32. The molecular formula is C24H22N2O3. The molecular weight excluding hydrogens is 364 g/mol. The van der Waals surface area contributed by atoms with Gasteiger partial charge in [-0.25, -0.2) is 0 Å². The second-order valence-corrected chi connectivity index (χ2v) is 7.51. The molecule has 5 nitrogen and oxygen atoms in total. The van der Waals surface area contributed by atoms with Crippen molar-refractivity contribution in [3.8, 4) is 0 Å². The molecule has 0 fully saturated rings. The highest BCUT2D eigenvalue weighted by Crippen LogP contribution is 2.30. The maximum absolute atomic E-state index is 12.9. The van der Waals surface area contributed by atoms with Gasteiger partial charge in [0.2, 0.25) is 5.91 Å². The van der Waals surface area contributed by atoms with Crippen LogP contribution in [0.1, 0.15) is 52.5 Å². The van der Waals surface area contributed by atoms with E-state index >= 15 is 0 Å². The Balaban J connectivity index is 1.52.